The first-order chi connectivity index (χ1) is 25.9. The van der Waals surface area contributed by atoms with Crippen LogP contribution in [0.2, 0.25) is 0 Å². The minimum Gasteiger partial charge on any atom is -0.391 e. The second-order valence-corrected chi connectivity index (χ2v) is 15.1. The molecule has 54 heavy (non-hydrogen) atoms. The molecule has 0 spiro atoms. The van der Waals surface area contributed by atoms with Crippen LogP contribution in [0, 0.1) is 12.3 Å². The Labute approximate surface area is 321 Å². The number of ether oxygens (including phenoxy) is 3. The average molecular weight is 767 g/mol. The Bertz CT molecular complexity index is 1650. The SMILES string of the molecule is Cc1ncsc1-c1ccc(CNC(=O)C2CC(O)CN2C(=O)C(NC(=O)C(Cc2ccccc2)NC(=O)COCCOCCOCCN)C(C)(C)C)cc1. The van der Waals surface area contributed by atoms with Gasteiger partial charge in [0.1, 0.15) is 24.7 Å². The largest absolute Gasteiger partial charge is 0.391 e. The summed E-state index contributed by atoms with van der Waals surface area (Å²) in [5.41, 5.74) is 10.1. The lowest BCUT2D eigenvalue weighted by atomic mass is 9.85. The molecule has 1 saturated heterocycles. The normalized spacial score (nSPS) is 16.8. The third-order valence-corrected chi connectivity index (χ3v) is 9.84. The van der Waals surface area contributed by atoms with Crippen molar-refractivity contribution in [3.05, 3.63) is 76.9 Å². The summed E-state index contributed by atoms with van der Waals surface area (Å²) in [5, 5.41) is 19.2. The van der Waals surface area contributed by atoms with Crippen LogP contribution in [-0.2, 0) is 46.4 Å². The molecule has 14 nitrogen and oxygen atoms in total. The molecule has 6 N–H and O–H groups in total. The molecular formula is C39H54N6O8S. The highest BCUT2D eigenvalue weighted by Gasteiger charge is 2.45. The molecule has 4 amide bonds. The number of hydrogen-bond donors (Lipinski definition) is 5. The van der Waals surface area contributed by atoms with Crippen LogP contribution in [0.1, 0.15) is 44.0 Å². The van der Waals surface area contributed by atoms with Crippen LogP contribution in [0.3, 0.4) is 0 Å². The van der Waals surface area contributed by atoms with Gasteiger partial charge in [-0.05, 0) is 29.0 Å². The van der Waals surface area contributed by atoms with Crippen molar-refractivity contribution in [3.8, 4) is 10.4 Å². The molecule has 1 aliphatic heterocycles. The first kappa shape index (κ1) is 42.5. The summed E-state index contributed by atoms with van der Waals surface area (Å²) in [6.45, 7) is 9.33. The van der Waals surface area contributed by atoms with Gasteiger partial charge in [0.2, 0.25) is 23.6 Å². The van der Waals surface area contributed by atoms with Crippen molar-refractivity contribution in [1.29, 1.82) is 0 Å². The molecule has 15 heteroatoms. The standard InChI is InChI=1S/C39H54N6O8S/c1-26-34(54-25-42-26)29-12-10-28(11-13-29)22-41-37(49)32-21-30(46)23-45(32)38(50)35(39(2,3)4)44-36(48)31(20-27-8-6-5-7-9-27)43-33(47)24-53-19-18-52-17-16-51-15-14-40/h5-13,25,30-32,35,46H,14-24,40H2,1-4H3,(H,41,49)(H,43,47)(H,44,48). The van der Waals surface area contributed by atoms with E-state index in [1.165, 1.54) is 4.90 Å². The number of nitrogens with zero attached hydrogens (tertiary/aromatic N) is 2. The van der Waals surface area contributed by atoms with Gasteiger partial charge in [0, 0.05) is 32.5 Å². The van der Waals surface area contributed by atoms with Crippen LogP contribution in [0.4, 0.5) is 0 Å². The molecule has 4 unspecified atom stereocenters. The Kier molecular flexibility index (Phi) is 16.5. The van der Waals surface area contributed by atoms with Crippen LogP contribution in [-0.4, -0.2) is 116 Å². The molecule has 294 valence electrons. The number of aromatic nitrogens is 1. The zero-order valence-corrected chi connectivity index (χ0v) is 32.4. The number of aliphatic hydroxyl groups excluding tert-OH is 1. The molecule has 0 aliphatic carbocycles. The number of aliphatic hydroxyl groups is 1. The van der Waals surface area contributed by atoms with E-state index in [0.29, 0.717) is 26.4 Å². The van der Waals surface area contributed by atoms with Crippen LogP contribution in [0.25, 0.3) is 10.4 Å². The Morgan fingerprint density at radius 2 is 1.61 bits per heavy atom. The molecule has 1 fully saturated rings. The quantitative estimate of drug-likeness (QED) is 0.106. The van der Waals surface area contributed by atoms with E-state index in [0.717, 1.165) is 27.3 Å². The van der Waals surface area contributed by atoms with Gasteiger partial charge in [0.05, 0.1) is 55.2 Å². The van der Waals surface area contributed by atoms with Gasteiger partial charge >= 0.3 is 0 Å². The van der Waals surface area contributed by atoms with E-state index in [4.69, 9.17) is 19.9 Å². The monoisotopic (exact) mass is 766 g/mol. The lowest BCUT2D eigenvalue weighted by Crippen LogP contribution is -2.60. The second-order valence-electron chi connectivity index (χ2n) is 14.3. The number of aryl methyl sites for hydroxylation is 1. The van der Waals surface area contributed by atoms with Gasteiger partial charge in [-0.25, -0.2) is 4.98 Å². The molecule has 0 bridgehead atoms. The van der Waals surface area contributed by atoms with Crippen LogP contribution < -0.4 is 21.7 Å². The summed E-state index contributed by atoms with van der Waals surface area (Å²) < 4.78 is 16.1. The van der Waals surface area contributed by atoms with Gasteiger partial charge in [-0.3, -0.25) is 19.2 Å². The zero-order chi connectivity index (χ0) is 39.1. The molecule has 0 radical (unpaired) electrons. The topological polar surface area (TPSA) is 194 Å². The van der Waals surface area contributed by atoms with Gasteiger partial charge in [-0.1, -0.05) is 75.4 Å². The van der Waals surface area contributed by atoms with Crippen molar-refractivity contribution in [2.24, 2.45) is 11.1 Å². The van der Waals surface area contributed by atoms with Crippen molar-refractivity contribution in [3.63, 3.8) is 0 Å². The number of nitrogens with two attached hydrogens (primary N) is 1. The Morgan fingerprint density at radius 1 is 0.944 bits per heavy atom. The van der Waals surface area contributed by atoms with E-state index in [2.05, 4.69) is 20.9 Å². The number of rotatable bonds is 20. The van der Waals surface area contributed by atoms with Crippen LogP contribution in [0.15, 0.2) is 60.1 Å². The van der Waals surface area contributed by atoms with Gasteiger partial charge < -0.3 is 45.9 Å². The summed E-state index contributed by atoms with van der Waals surface area (Å²) >= 11 is 1.56. The maximum atomic E-state index is 14.2. The molecule has 4 atom stereocenters. The van der Waals surface area contributed by atoms with Crippen molar-refractivity contribution in [1.82, 2.24) is 25.8 Å². The third kappa shape index (κ3) is 13.0. The molecule has 4 rings (SSSR count). The molecule has 1 aromatic heterocycles. The van der Waals surface area contributed by atoms with Gasteiger partial charge in [0.25, 0.3) is 0 Å². The highest BCUT2D eigenvalue weighted by molar-refractivity contribution is 7.13. The fourth-order valence-electron chi connectivity index (χ4n) is 6.01. The predicted molar refractivity (Wildman–Crippen MR) is 205 cm³/mol. The highest BCUT2D eigenvalue weighted by atomic mass is 32.1. The maximum Gasteiger partial charge on any atom is 0.246 e. The van der Waals surface area contributed by atoms with Gasteiger partial charge in [-0.2, -0.15) is 0 Å². The van der Waals surface area contributed by atoms with Crippen LogP contribution in [0.5, 0.6) is 0 Å². The molecule has 2 aromatic carbocycles. The summed E-state index contributed by atoms with van der Waals surface area (Å²) in [5.74, 6) is -1.98. The molecule has 0 saturated carbocycles. The Morgan fingerprint density at radius 3 is 2.24 bits per heavy atom. The fourth-order valence-corrected chi connectivity index (χ4v) is 6.82. The third-order valence-electron chi connectivity index (χ3n) is 8.87. The Hall–Kier alpha value is -4.25. The summed E-state index contributed by atoms with van der Waals surface area (Å²) in [4.78, 5) is 61.4. The molecule has 3 aromatic rings. The van der Waals surface area contributed by atoms with Crippen molar-refractivity contribution >= 4 is 35.0 Å². The number of β-amino-alcohol motifs (C(OH)–C–C–N with tert-alkyl or cyclic N) is 1. The van der Waals surface area contributed by atoms with E-state index in [1.807, 2.05) is 61.5 Å². The van der Waals surface area contributed by atoms with Gasteiger partial charge in [0.15, 0.2) is 0 Å². The average Bonchev–Trinajstić information content (AvgIpc) is 3.76. The zero-order valence-electron chi connectivity index (χ0n) is 31.5. The number of carbonyl (C=O) groups is 4. The lowest BCUT2D eigenvalue weighted by molar-refractivity contribution is -0.144. The van der Waals surface area contributed by atoms with E-state index in [-0.39, 0.29) is 45.8 Å². The minimum atomic E-state index is -1.08. The first-order valence-electron chi connectivity index (χ1n) is 18.2. The van der Waals surface area contributed by atoms with E-state index in [1.54, 1.807) is 37.6 Å². The van der Waals surface area contributed by atoms with Crippen molar-refractivity contribution in [2.75, 3.05) is 52.7 Å². The number of thiazole rings is 1. The summed E-state index contributed by atoms with van der Waals surface area (Å²) in [6, 6.07) is 14.0. The number of hydrogen-bond acceptors (Lipinski definition) is 11. The van der Waals surface area contributed by atoms with Crippen molar-refractivity contribution < 1.29 is 38.5 Å². The Balaban J connectivity index is 1.38. The molecular weight excluding hydrogens is 713 g/mol. The van der Waals surface area contributed by atoms with Crippen molar-refractivity contribution in [2.45, 2.75) is 71.3 Å². The van der Waals surface area contributed by atoms with E-state index < -0.39 is 53.3 Å². The lowest BCUT2D eigenvalue weighted by Gasteiger charge is -2.36. The number of likely N-dealkylation sites (tertiary alicyclic amines) is 1. The fraction of sp³-hybridized carbons (Fsp3) is 0.513. The van der Waals surface area contributed by atoms with Gasteiger partial charge in [-0.15, -0.1) is 11.3 Å². The van der Waals surface area contributed by atoms with Crippen LogP contribution >= 0.6 is 11.3 Å². The number of carbonyl (C=O) groups excluding carboxylic acids is 4. The maximum absolute atomic E-state index is 14.2. The molecule has 1 aliphatic rings. The first-order valence-corrected chi connectivity index (χ1v) is 19.1. The molecule has 2 heterocycles. The number of amides is 4. The highest BCUT2D eigenvalue weighted by Crippen LogP contribution is 2.28. The predicted octanol–water partition coefficient (Wildman–Crippen LogP) is 1.96. The minimum absolute atomic E-state index is 0.0613. The summed E-state index contributed by atoms with van der Waals surface area (Å²) in [7, 11) is 0. The summed E-state index contributed by atoms with van der Waals surface area (Å²) in [6.07, 6.45) is -0.692. The smallest absolute Gasteiger partial charge is 0.246 e. The number of benzene rings is 2. The van der Waals surface area contributed by atoms with E-state index in [9.17, 15) is 24.3 Å². The second kappa shape index (κ2) is 21.0. The van der Waals surface area contributed by atoms with E-state index >= 15 is 0 Å². The number of nitrogens with one attached hydrogen (secondary N) is 3.